The first-order valence-electron chi connectivity index (χ1n) is 3.92. The molecule has 12 heavy (non-hydrogen) atoms. The SMILES string of the molecule is CCOc1c(O)cccc1NC. The number of nitrogens with one attached hydrogen (secondary N) is 1. The molecule has 1 aromatic carbocycles. The van der Waals surface area contributed by atoms with Gasteiger partial charge in [0.05, 0.1) is 12.3 Å². The van der Waals surface area contributed by atoms with Gasteiger partial charge < -0.3 is 15.2 Å². The van der Waals surface area contributed by atoms with Gasteiger partial charge in [0.2, 0.25) is 0 Å². The summed E-state index contributed by atoms with van der Waals surface area (Å²) in [5, 5.41) is 12.3. The van der Waals surface area contributed by atoms with Gasteiger partial charge in [-0.2, -0.15) is 0 Å². The standard InChI is InChI=1S/C9H13NO2/c1-3-12-9-7(10-2)5-4-6-8(9)11/h4-6,10-11H,3H2,1-2H3. The summed E-state index contributed by atoms with van der Waals surface area (Å²) in [4.78, 5) is 0. The molecule has 1 aromatic rings. The first-order chi connectivity index (χ1) is 5.79. The van der Waals surface area contributed by atoms with Crippen LogP contribution in [0.2, 0.25) is 0 Å². The first-order valence-corrected chi connectivity index (χ1v) is 3.92. The molecule has 0 bridgehead atoms. The van der Waals surface area contributed by atoms with Gasteiger partial charge >= 0.3 is 0 Å². The van der Waals surface area contributed by atoms with Crippen molar-refractivity contribution in [3.8, 4) is 11.5 Å². The highest BCUT2D eigenvalue weighted by Crippen LogP contribution is 2.33. The minimum atomic E-state index is 0.170. The summed E-state index contributed by atoms with van der Waals surface area (Å²) in [6, 6.07) is 5.22. The summed E-state index contributed by atoms with van der Waals surface area (Å²) in [5.41, 5.74) is 0.803. The van der Waals surface area contributed by atoms with Crippen molar-refractivity contribution < 1.29 is 9.84 Å². The summed E-state index contributed by atoms with van der Waals surface area (Å²) in [7, 11) is 1.79. The number of ether oxygens (including phenoxy) is 1. The molecule has 3 nitrogen and oxygen atoms in total. The van der Waals surface area contributed by atoms with Gasteiger partial charge in [0.25, 0.3) is 0 Å². The highest BCUT2D eigenvalue weighted by atomic mass is 16.5. The third-order valence-corrected chi connectivity index (χ3v) is 1.55. The van der Waals surface area contributed by atoms with Crippen molar-refractivity contribution in [1.29, 1.82) is 0 Å². The molecule has 0 atom stereocenters. The molecule has 0 saturated carbocycles. The molecule has 0 aromatic heterocycles. The maximum Gasteiger partial charge on any atom is 0.184 e. The number of phenolic OH excluding ortho intramolecular Hbond substituents is 1. The fraction of sp³-hybridized carbons (Fsp3) is 0.333. The Morgan fingerprint density at radius 3 is 2.83 bits per heavy atom. The zero-order valence-electron chi connectivity index (χ0n) is 7.29. The third-order valence-electron chi connectivity index (χ3n) is 1.55. The number of rotatable bonds is 3. The van der Waals surface area contributed by atoms with E-state index in [1.807, 2.05) is 13.0 Å². The number of hydrogen-bond donors (Lipinski definition) is 2. The third kappa shape index (κ3) is 1.61. The fourth-order valence-corrected chi connectivity index (χ4v) is 1.02. The van der Waals surface area contributed by atoms with Crippen molar-refractivity contribution in [2.45, 2.75) is 6.92 Å². The second-order valence-corrected chi connectivity index (χ2v) is 2.34. The molecule has 0 aliphatic heterocycles. The van der Waals surface area contributed by atoms with Crippen LogP contribution in [0.15, 0.2) is 18.2 Å². The lowest BCUT2D eigenvalue weighted by Gasteiger charge is -2.10. The van der Waals surface area contributed by atoms with Gasteiger partial charge in [-0.05, 0) is 19.1 Å². The molecular weight excluding hydrogens is 154 g/mol. The second-order valence-electron chi connectivity index (χ2n) is 2.34. The van der Waals surface area contributed by atoms with E-state index >= 15 is 0 Å². The van der Waals surface area contributed by atoms with Crippen LogP contribution in [-0.2, 0) is 0 Å². The summed E-state index contributed by atoms with van der Waals surface area (Å²) in [6.45, 7) is 2.43. The van der Waals surface area contributed by atoms with Gasteiger partial charge in [-0.1, -0.05) is 6.07 Å². The molecule has 0 heterocycles. The molecule has 0 saturated heterocycles. The average molecular weight is 167 g/mol. The van der Waals surface area contributed by atoms with Crippen LogP contribution in [0.1, 0.15) is 6.92 Å². The summed E-state index contributed by atoms with van der Waals surface area (Å²) in [5.74, 6) is 0.686. The maximum absolute atomic E-state index is 9.39. The predicted molar refractivity (Wildman–Crippen MR) is 48.8 cm³/mol. The Morgan fingerprint density at radius 1 is 1.50 bits per heavy atom. The minimum Gasteiger partial charge on any atom is -0.504 e. The Hall–Kier alpha value is -1.38. The van der Waals surface area contributed by atoms with Gasteiger partial charge in [0.1, 0.15) is 0 Å². The van der Waals surface area contributed by atoms with Crippen LogP contribution < -0.4 is 10.1 Å². The van der Waals surface area contributed by atoms with Crippen LogP contribution in [0.4, 0.5) is 5.69 Å². The lowest BCUT2D eigenvalue weighted by molar-refractivity contribution is 0.320. The van der Waals surface area contributed by atoms with Crippen LogP contribution >= 0.6 is 0 Å². The predicted octanol–water partition coefficient (Wildman–Crippen LogP) is 1.83. The summed E-state index contributed by atoms with van der Waals surface area (Å²) >= 11 is 0. The van der Waals surface area contributed by atoms with E-state index in [0.717, 1.165) is 5.69 Å². The highest BCUT2D eigenvalue weighted by Gasteiger charge is 2.05. The normalized spacial score (nSPS) is 9.50. The molecule has 0 amide bonds. The van der Waals surface area contributed by atoms with Crippen LogP contribution in [0.25, 0.3) is 0 Å². The molecule has 1 rings (SSSR count). The van der Waals surface area contributed by atoms with Crippen molar-refractivity contribution in [2.75, 3.05) is 19.0 Å². The second kappa shape index (κ2) is 3.85. The smallest absolute Gasteiger partial charge is 0.184 e. The van der Waals surface area contributed by atoms with E-state index in [1.165, 1.54) is 0 Å². The Labute approximate surface area is 72.0 Å². The largest absolute Gasteiger partial charge is 0.504 e. The molecule has 0 radical (unpaired) electrons. The topological polar surface area (TPSA) is 41.5 Å². The lowest BCUT2D eigenvalue weighted by atomic mass is 10.2. The van der Waals surface area contributed by atoms with E-state index in [1.54, 1.807) is 19.2 Å². The van der Waals surface area contributed by atoms with Crippen molar-refractivity contribution in [1.82, 2.24) is 0 Å². The molecule has 0 aliphatic carbocycles. The van der Waals surface area contributed by atoms with E-state index in [2.05, 4.69) is 5.32 Å². The number of hydrogen-bond acceptors (Lipinski definition) is 3. The van der Waals surface area contributed by atoms with Crippen LogP contribution in [0.3, 0.4) is 0 Å². The summed E-state index contributed by atoms with van der Waals surface area (Å²) in [6.07, 6.45) is 0. The van der Waals surface area contributed by atoms with Gasteiger partial charge in [0.15, 0.2) is 11.5 Å². The number of phenols is 1. The molecule has 0 fully saturated rings. The molecule has 66 valence electrons. The highest BCUT2D eigenvalue weighted by molar-refractivity contribution is 5.62. The molecule has 0 unspecified atom stereocenters. The molecule has 3 heteroatoms. The number of para-hydroxylation sites is 1. The zero-order valence-corrected chi connectivity index (χ0v) is 7.29. The van der Waals surface area contributed by atoms with Crippen LogP contribution in [-0.4, -0.2) is 18.8 Å². The van der Waals surface area contributed by atoms with Crippen molar-refractivity contribution in [2.24, 2.45) is 0 Å². The van der Waals surface area contributed by atoms with E-state index in [9.17, 15) is 5.11 Å². The Morgan fingerprint density at radius 2 is 2.25 bits per heavy atom. The average Bonchev–Trinajstić information content (AvgIpc) is 2.09. The molecule has 0 spiro atoms. The Balaban J connectivity index is 3.02. The van der Waals surface area contributed by atoms with Crippen molar-refractivity contribution in [3.05, 3.63) is 18.2 Å². The number of benzene rings is 1. The lowest BCUT2D eigenvalue weighted by Crippen LogP contribution is -1.97. The first kappa shape index (κ1) is 8.71. The van der Waals surface area contributed by atoms with Crippen LogP contribution in [0, 0.1) is 0 Å². The van der Waals surface area contributed by atoms with E-state index in [0.29, 0.717) is 12.4 Å². The number of aromatic hydroxyl groups is 1. The van der Waals surface area contributed by atoms with E-state index in [-0.39, 0.29) is 5.75 Å². The van der Waals surface area contributed by atoms with E-state index in [4.69, 9.17) is 4.74 Å². The maximum atomic E-state index is 9.39. The minimum absolute atomic E-state index is 0.170. The van der Waals surface area contributed by atoms with E-state index < -0.39 is 0 Å². The van der Waals surface area contributed by atoms with Gasteiger partial charge in [-0.15, -0.1) is 0 Å². The zero-order chi connectivity index (χ0) is 8.97. The van der Waals surface area contributed by atoms with Crippen molar-refractivity contribution >= 4 is 5.69 Å². The molecule has 0 aliphatic rings. The van der Waals surface area contributed by atoms with Gasteiger partial charge in [-0.3, -0.25) is 0 Å². The van der Waals surface area contributed by atoms with Gasteiger partial charge in [0, 0.05) is 7.05 Å². The van der Waals surface area contributed by atoms with Crippen molar-refractivity contribution in [3.63, 3.8) is 0 Å². The van der Waals surface area contributed by atoms with Crippen LogP contribution in [0.5, 0.6) is 11.5 Å². The number of anilines is 1. The molecular formula is C9H13NO2. The molecule has 2 N–H and O–H groups in total. The fourth-order valence-electron chi connectivity index (χ4n) is 1.02. The monoisotopic (exact) mass is 167 g/mol. The quantitative estimate of drug-likeness (QED) is 0.721. The Bertz CT molecular complexity index is 261. The Kier molecular flexibility index (Phi) is 2.80. The van der Waals surface area contributed by atoms with Gasteiger partial charge in [-0.25, -0.2) is 0 Å². The summed E-state index contributed by atoms with van der Waals surface area (Å²) < 4.78 is 5.25.